The first-order chi connectivity index (χ1) is 16.6. The van der Waals surface area contributed by atoms with Crippen molar-refractivity contribution >= 4 is 56.5 Å². The largest absolute Gasteiger partial charge is 0.497 e. The zero-order valence-corrected chi connectivity index (χ0v) is 20.2. The van der Waals surface area contributed by atoms with Crippen molar-refractivity contribution < 1.29 is 19.1 Å². The van der Waals surface area contributed by atoms with Gasteiger partial charge in [0.15, 0.2) is 4.34 Å². The third-order valence-corrected chi connectivity index (χ3v) is 6.86. The minimum Gasteiger partial charge on any atom is -0.497 e. The zero-order valence-electron chi connectivity index (χ0n) is 18.5. The molecule has 1 aromatic heterocycles. The summed E-state index contributed by atoms with van der Waals surface area (Å²) in [4.78, 5) is 25.0. The van der Waals surface area contributed by atoms with E-state index in [2.05, 4.69) is 20.8 Å². The number of nitrogens with zero attached hydrogens (tertiary/aromatic N) is 2. The van der Waals surface area contributed by atoms with Gasteiger partial charge in [-0.15, -0.1) is 10.2 Å². The van der Waals surface area contributed by atoms with Crippen LogP contribution in [0.3, 0.4) is 0 Å². The molecule has 0 radical (unpaired) electrons. The fourth-order valence-corrected chi connectivity index (χ4v) is 4.90. The molecule has 2 N–H and O–H groups in total. The number of anilines is 2. The number of carbonyl (C=O) groups excluding carboxylic acids is 2. The van der Waals surface area contributed by atoms with Crippen LogP contribution in [0.4, 0.5) is 10.8 Å². The number of rotatable bonds is 9. The highest BCUT2D eigenvalue weighted by molar-refractivity contribution is 8.01. The second-order valence-corrected chi connectivity index (χ2v) is 9.34. The van der Waals surface area contributed by atoms with Gasteiger partial charge < -0.3 is 20.1 Å². The lowest BCUT2D eigenvalue weighted by molar-refractivity contribution is -0.115. The maximum absolute atomic E-state index is 12.6. The van der Waals surface area contributed by atoms with E-state index in [1.807, 2.05) is 42.5 Å². The summed E-state index contributed by atoms with van der Waals surface area (Å²) in [7, 11) is 3.08. The van der Waals surface area contributed by atoms with Gasteiger partial charge in [0.25, 0.3) is 0 Å². The Bertz CT molecular complexity index is 1320. The molecule has 0 atom stereocenters. The van der Waals surface area contributed by atoms with Crippen molar-refractivity contribution in [3.05, 3.63) is 66.2 Å². The Balaban J connectivity index is 1.31. The van der Waals surface area contributed by atoms with Crippen LogP contribution in [0.15, 0.2) is 65.0 Å². The van der Waals surface area contributed by atoms with E-state index in [-0.39, 0.29) is 24.0 Å². The lowest BCUT2D eigenvalue weighted by Crippen LogP contribution is -2.14. The number of carbonyl (C=O) groups is 2. The summed E-state index contributed by atoms with van der Waals surface area (Å²) in [6.07, 6.45) is 0.230. The molecule has 2 amide bonds. The number of ether oxygens (including phenoxy) is 2. The van der Waals surface area contributed by atoms with Gasteiger partial charge in [0.2, 0.25) is 16.9 Å². The molecular formula is C24H22N4O4S2. The number of thioether (sulfide) groups is 1. The van der Waals surface area contributed by atoms with Crippen LogP contribution >= 0.6 is 23.1 Å². The zero-order chi connectivity index (χ0) is 23.9. The maximum Gasteiger partial charge on any atom is 0.234 e. The van der Waals surface area contributed by atoms with E-state index in [0.29, 0.717) is 26.7 Å². The molecule has 0 aliphatic rings. The smallest absolute Gasteiger partial charge is 0.234 e. The first kappa shape index (κ1) is 23.5. The summed E-state index contributed by atoms with van der Waals surface area (Å²) in [6, 6.07) is 19.0. The van der Waals surface area contributed by atoms with Crippen LogP contribution in [0.2, 0.25) is 0 Å². The Morgan fingerprint density at radius 3 is 2.59 bits per heavy atom. The molecule has 0 unspecified atom stereocenters. The number of aromatic nitrogens is 2. The number of nitrogens with one attached hydrogen (secondary N) is 2. The highest BCUT2D eigenvalue weighted by Gasteiger charge is 2.14. The summed E-state index contributed by atoms with van der Waals surface area (Å²) in [5.41, 5.74) is 1.46. The standard InChI is InChI=1S/C24H22N4O4S2/c1-31-17-10-11-20(32-2)19(13-17)25-22(30)14-33-24-28-27-23(34-24)26-21(29)12-16-8-5-7-15-6-3-4-9-18(15)16/h3-11,13H,12,14H2,1-2H3,(H,25,30)(H,26,27,29). The Labute approximate surface area is 204 Å². The number of fused-ring (bicyclic) bond motifs is 1. The monoisotopic (exact) mass is 494 g/mol. The SMILES string of the molecule is COc1ccc(OC)c(NC(=O)CSc2nnc(NC(=O)Cc3cccc4ccccc34)s2)c1. The van der Waals surface area contributed by atoms with E-state index in [4.69, 9.17) is 9.47 Å². The van der Waals surface area contributed by atoms with Gasteiger partial charge in [0.05, 0.1) is 32.1 Å². The molecule has 4 rings (SSSR count). The third kappa shape index (κ3) is 5.83. The predicted octanol–water partition coefficient (Wildman–Crippen LogP) is 4.62. The molecule has 0 aliphatic carbocycles. The highest BCUT2D eigenvalue weighted by Crippen LogP contribution is 2.30. The van der Waals surface area contributed by atoms with E-state index < -0.39 is 0 Å². The molecule has 0 fully saturated rings. The first-order valence-corrected chi connectivity index (χ1v) is 12.1. The fourth-order valence-electron chi connectivity index (χ4n) is 3.33. The van der Waals surface area contributed by atoms with E-state index in [1.54, 1.807) is 25.3 Å². The van der Waals surface area contributed by atoms with Gasteiger partial charge in [0, 0.05) is 6.07 Å². The molecule has 0 spiro atoms. The highest BCUT2D eigenvalue weighted by atomic mass is 32.2. The van der Waals surface area contributed by atoms with Crippen molar-refractivity contribution in [1.29, 1.82) is 0 Å². The molecule has 0 aliphatic heterocycles. The summed E-state index contributed by atoms with van der Waals surface area (Å²) >= 11 is 2.46. The summed E-state index contributed by atoms with van der Waals surface area (Å²) < 4.78 is 11.0. The van der Waals surface area contributed by atoms with E-state index >= 15 is 0 Å². The number of methoxy groups -OCH3 is 2. The van der Waals surface area contributed by atoms with E-state index in [0.717, 1.165) is 16.3 Å². The molecule has 34 heavy (non-hydrogen) atoms. The Morgan fingerprint density at radius 2 is 1.76 bits per heavy atom. The van der Waals surface area contributed by atoms with Crippen molar-refractivity contribution in [2.24, 2.45) is 0 Å². The van der Waals surface area contributed by atoms with Gasteiger partial charge in [-0.3, -0.25) is 9.59 Å². The van der Waals surface area contributed by atoms with Crippen LogP contribution in [0.25, 0.3) is 10.8 Å². The van der Waals surface area contributed by atoms with Gasteiger partial charge in [-0.05, 0) is 28.5 Å². The van der Waals surface area contributed by atoms with Crippen molar-refractivity contribution in [1.82, 2.24) is 10.2 Å². The Morgan fingerprint density at radius 1 is 0.941 bits per heavy atom. The number of hydrogen-bond acceptors (Lipinski definition) is 8. The van der Waals surface area contributed by atoms with Crippen LogP contribution in [-0.2, 0) is 16.0 Å². The number of amides is 2. The first-order valence-electron chi connectivity index (χ1n) is 10.3. The van der Waals surface area contributed by atoms with Crippen molar-refractivity contribution in [3.63, 3.8) is 0 Å². The lowest BCUT2D eigenvalue weighted by atomic mass is 10.0. The third-order valence-electron chi connectivity index (χ3n) is 4.89. The van der Waals surface area contributed by atoms with Crippen molar-refractivity contribution in [2.45, 2.75) is 10.8 Å². The maximum atomic E-state index is 12.6. The topological polar surface area (TPSA) is 102 Å². The average molecular weight is 495 g/mol. The Kier molecular flexibility index (Phi) is 7.61. The van der Waals surface area contributed by atoms with Crippen molar-refractivity contribution in [3.8, 4) is 11.5 Å². The second kappa shape index (κ2) is 11.0. The predicted molar refractivity (Wildman–Crippen MR) is 135 cm³/mol. The lowest BCUT2D eigenvalue weighted by Gasteiger charge is -2.11. The molecule has 0 saturated heterocycles. The van der Waals surface area contributed by atoms with Gasteiger partial charge in [-0.1, -0.05) is 65.6 Å². The van der Waals surface area contributed by atoms with Gasteiger partial charge >= 0.3 is 0 Å². The van der Waals surface area contributed by atoms with Gasteiger partial charge in [0.1, 0.15) is 11.5 Å². The molecule has 1 heterocycles. The van der Waals surface area contributed by atoms with E-state index in [1.165, 1.54) is 30.2 Å². The molecule has 0 saturated carbocycles. The fraction of sp³-hybridized carbons (Fsp3) is 0.167. The molecule has 10 heteroatoms. The molecule has 3 aromatic carbocycles. The van der Waals surface area contributed by atoms with Crippen LogP contribution in [0, 0.1) is 0 Å². The minimum atomic E-state index is -0.228. The quantitative estimate of drug-likeness (QED) is 0.259. The van der Waals surface area contributed by atoms with Crippen LogP contribution in [0.1, 0.15) is 5.56 Å². The van der Waals surface area contributed by atoms with Crippen LogP contribution < -0.4 is 20.1 Å². The summed E-state index contributed by atoms with van der Waals surface area (Å²) in [5.74, 6) is 0.863. The molecule has 0 bridgehead atoms. The normalized spacial score (nSPS) is 10.6. The van der Waals surface area contributed by atoms with Crippen LogP contribution in [0.5, 0.6) is 11.5 Å². The minimum absolute atomic E-state index is 0.124. The van der Waals surface area contributed by atoms with E-state index in [9.17, 15) is 9.59 Å². The molecule has 8 nitrogen and oxygen atoms in total. The Hall–Kier alpha value is -3.63. The number of benzene rings is 3. The number of hydrogen-bond donors (Lipinski definition) is 2. The molecule has 4 aromatic rings. The van der Waals surface area contributed by atoms with Gasteiger partial charge in [-0.25, -0.2) is 0 Å². The van der Waals surface area contributed by atoms with Crippen LogP contribution in [-0.4, -0.2) is 42.0 Å². The van der Waals surface area contributed by atoms with Crippen molar-refractivity contribution in [2.75, 3.05) is 30.6 Å². The summed E-state index contributed by atoms with van der Waals surface area (Å²) in [6.45, 7) is 0. The molecule has 174 valence electrons. The van der Waals surface area contributed by atoms with Gasteiger partial charge in [-0.2, -0.15) is 0 Å². The second-order valence-electron chi connectivity index (χ2n) is 7.14. The average Bonchev–Trinajstić information content (AvgIpc) is 3.30. The summed E-state index contributed by atoms with van der Waals surface area (Å²) in [5, 5.41) is 16.2. The molecular weight excluding hydrogens is 472 g/mol.